The van der Waals surface area contributed by atoms with Crippen LogP contribution in [0.3, 0.4) is 0 Å². The Labute approximate surface area is 154 Å². The number of carbonyl (C=O) groups excluding carboxylic acids is 1. The van der Waals surface area contributed by atoms with Gasteiger partial charge in [-0.05, 0) is 57.0 Å². The second-order valence-corrected chi connectivity index (χ2v) is 6.33. The Hall–Kier alpha value is -1.98. The predicted octanol–water partition coefficient (Wildman–Crippen LogP) is 3.38. The van der Waals surface area contributed by atoms with Crippen molar-refractivity contribution in [2.45, 2.75) is 39.3 Å². The molecule has 5 nitrogen and oxygen atoms in total. The SMILES string of the molecule is Cc1ccc(OCc2ccc(C(=O)NCC3CCCN3)o2)c(C)c1.Cl. The molecular formula is C19H25ClN2O3. The first-order chi connectivity index (χ1) is 11.6. The number of hydrogen-bond acceptors (Lipinski definition) is 4. The molecule has 1 aliphatic rings. The summed E-state index contributed by atoms with van der Waals surface area (Å²) < 4.78 is 11.4. The van der Waals surface area contributed by atoms with Crippen molar-refractivity contribution >= 4 is 18.3 Å². The summed E-state index contributed by atoms with van der Waals surface area (Å²) in [6.45, 7) is 6.03. The largest absolute Gasteiger partial charge is 0.485 e. The van der Waals surface area contributed by atoms with E-state index in [1.54, 1.807) is 12.1 Å². The molecule has 2 aromatic rings. The number of ether oxygens (including phenoxy) is 1. The van der Waals surface area contributed by atoms with Crippen molar-refractivity contribution in [1.29, 1.82) is 0 Å². The van der Waals surface area contributed by atoms with Gasteiger partial charge in [-0.25, -0.2) is 0 Å². The van der Waals surface area contributed by atoms with Gasteiger partial charge in [0.1, 0.15) is 18.1 Å². The van der Waals surface area contributed by atoms with Crippen molar-refractivity contribution in [1.82, 2.24) is 10.6 Å². The maximum absolute atomic E-state index is 12.1. The molecule has 2 N–H and O–H groups in total. The zero-order chi connectivity index (χ0) is 16.9. The maximum atomic E-state index is 12.1. The van der Waals surface area contributed by atoms with E-state index >= 15 is 0 Å². The van der Waals surface area contributed by atoms with Gasteiger partial charge >= 0.3 is 0 Å². The molecule has 0 spiro atoms. The molecule has 1 aromatic heterocycles. The van der Waals surface area contributed by atoms with Gasteiger partial charge in [-0.15, -0.1) is 12.4 Å². The van der Waals surface area contributed by atoms with Crippen LogP contribution in [0.4, 0.5) is 0 Å². The minimum absolute atomic E-state index is 0. The van der Waals surface area contributed by atoms with Crippen molar-refractivity contribution in [2.24, 2.45) is 0 Å². The monoisotopic (exact) mass is 364 g/mol. The van der Waals surface area contributed by atoms with Crippen molar-refractivity contribution in [3.05, 3.63) is 53.0 Å². The van der Waals surface area contributed by atoms with Gasteiger partial charge in [0.2, 0.25) is 0 Å². The smallest absolute Gasteiger partial charge is 0.287 e. The lowest BCUT2D eigenvalue weighted by molar-refractivity contribution is 0.0918. The molecule has 25 heavy (non-hydrogen) atoms. The van der Waals surface area contributed by atoms with Gasteiger partial charge in [-0.3, -0.25) is 4.79 Å². The number of rotatable bonds is 6. The van der Waals surface area contributed by atoms with Gasteiger partial charge in [0, 0.05) is 12.6 Å². The second-order valence-electron chi connectivity index (χ2n) is 6.33. The Morgan fingerprint density at radius 1 is 1.32 bits per heavy atom. The third-order valence-corrected chi connectivity index (χ3v) is 4.26. The molecule has 1 saturated heterocycles. The van der Waals surface area contributed by atoms with Crippen LogP contribution in [-0.2, 0) is 6.61 Å². The molecule has 1 amide bonds. The molecule has 0 aliphatic carbocycles. The Kier molecular flexibility index (Phi) is 6.91. The summed E-state index contributed by atoms with van der Waals surface area (Å²) in [5.74, 6) is 1.61. The number of halogens is 1. The number of nitrogens with one attached hydrogen (secondary N) is 2. The van der Waals surface area contributed by atoms with E-state index in [1.807, 2.05) is 19.1 Å². The van der Waals surface area contributed by atoms with Crippen molar-refractivity contribution in [3.8, 4) is 5.75 Å². The fraction of sp³-hybridized carbons (Fsp3) is 0.421. The Morgan fingerprint density at radius 3 is 2.88 bits per heavy atom. The van der Waals surface area contributed by atoms with E-state index in [-0.39, 0.29) is 18.3 Å². The molecule has 1 atom stereocenters. The van der Waals surface area contributed by atoms with Gasteiger partial charge in [0.15, 0.2) is 5.76 Å². The Morgan fingerprint density at radius 2 is 2.16 bits per heavy atom. The fourth-order valence-corrected chi connectivity index (χ4v) is 2.92. The molecule has 1 unspecified atom stereocenters. The lowest BCUT2D eigenvalue weighted by Crippen LogP contribution is -2.37. The average molecular weight is 365 g/mol. The molecule has 1 fully saturated rings. The van der Waals surface area contributed by atoms with E-state index in [0.717, 1.165) is 24.3 Å². The third-order valence-electron chi connectivity index (χ3n) is 4.26. The van der Waals surface area contributed by atoms with Crippen LogP contribution in [0.2, 0.25) is 0 Å². The van der Waals surface area contributed by atoms with Crippen LogP contribution >= 0.6 is 12.4 Å². The minimum atomic E-state index is -0.179. The standard InChI is InChI=1S/C19H24N2O3.ClH/c1-13-5-7-17(14(2)10-13)23-12-16-6-8-18(24-16)19(22)21-11-15-4-3-9-20-15;/h5-8,10,15,20H,3-4,9,11-12H2,1-2H3,(H,21,22);1H. The molecule has 3 rings (SSSR count). The zero-order valence-corrected chi connectivity index (χ0v) is 15.4. The molecule has 136 valence electrons. The summed E-state index contributed by atoms with van der Waals surface area (Å²) in [6.07, 6.45) is 2.27. The van der Waals surface area contributed by atoms with Crippen molar-refractivity contribution < 1.29 is 13.9 Å². The van der Waals surface area contributed by atoms with Crippen molar-refractivity contribution in [2.75, 3.05) is 13.1 Å². The predicted molar refractivity (Wildman–Crippen MR) is 99.6 cm³/mol. The summed E-state index contributed by atoms with van der Waals surface area (Å²) in [4.78, 5) is 12.1. The summed E-state index contributed by atoms with van der Waals surface area (Å²) in [5.41, 5.74) is 2.29. The topological polar surface area (TPSA) is 63.5 Å². The summed E-state index contributed by atoms with van der Waals surface area (Å²) in [5, 5.41) is 6.26. The molecule has 1 aliphatic heterocycles. The minimum Gasteiger partial charge on any atom is -0.485 e. The highest BCUT2D eigenvalue weighted by molar-refractivity contribution is 5.91. The molecular weight excluding hydrogens is 340 g/mol. The van der Waals surface area contributed by atoms with Crippen LogP contribution in [0.1, 0.15) is 40.3 Å². The van der Waals surface area contributed by atoms with Gasteiger partial charge < -0.3 is 19.8 Å². The molecule has 0 radical (unpaired) electrons. The number of amides is 1. The number of hydrogen-bond donors (Lipinski definition) is 2. The molecule has 2 heterocycles. The van der Waals surface area contributed by atoms with Gasteiger partial charge in [-0.1, -0.05) is 17.7 Å². The molecule has 6 heteroatoms. The maximum Gasteiger partial charge on any atom is 0.287 e. The molecule has 1 aromatic carbocycles. The normalized spacial score (nSPS) is 16.3. The lowest BCUT2D eigenvalue weighted by Gasteiger charge is -2.10. The molecule has 0 bridgehead atoms. The van der Waals surface area contributed by atoms with Crippen LogP contribution in [-0.4, -0.2) is 25.0 Å². The summed E-state index contributed by atoms with van der Waals surface area (Å²) in [6, 6.07) is 9.89. The quantitative estimate of drug-likeness (QED) is 0.824. The highest BCUT2D eigenvalue weighted by Gasteiger charge is 2.17. The van der Waals surface area contributed by atoms with Gasteiger partial charge in [0.05, 0.1) is 0 Å². The van der Waals surface area contributed by atoms with Crippen LogP contribution in [0.25, 0.3) is 0 Å². The third kappa shape index (κ3) is 5.25. The van der Waals surface area contributed by atoms with E-state index in [2.05, 4.69) is 23.6 Å². The fourth-order valence-electron chi connectivity index (χ4n) is 2.92. The second kappa shape index (κ2) is 8.92. The van der Waals surface area contributed by atoms with Gasteiger partial charge in [0.25, 0.3) is 5.91 Å². The highest BCUT2D eigenvalue weighted by atomic mass is 35.5. The lowest BCUT2D eigenvalue weighted by atomic mass is 10.1. The number of furan rings is 1. The van der Waals surface area contributed by atoms with E-state index in [4.69, 9.17) is 9.15 Å². The Balaban J connectivity index is 0.00000225. The first kappa shape index (κ1) is 19.3. The summed E-state index contributed by atoms with van der Waals surface area (Å²) in [7, 11) is 0. The van der Waals surface area contributed by atoms with E-state index in [1.165, 1.54) is 12.0 Å². The van der Waals surface area contributed by atoms with E-state index in [9.17, 15) is 4.79 Å². The number of aryl methyl sites for hydroxylation is 2. The first-order valence-corrected chi connectivity index (χ1v) is 8.42. The van der Waals surface area contributed by atoms with Crippen LogP contribution in [0.15, 0.2) is 34.7 Å². The van der Waals surface area contributed by atoms with E-state index in [0.29, 0.717) is 30.7 Å². The first-order valence-electron chi connectivity index (χ1n) is 8.42. The van der Waals surface area contributed by atoms with Crippen LogP contribution in [0, 0.1) is 13.8 Å². The Bertz CT molecular complexity index is 708. The summed E-state index contributed by atoms with van der Waals surface area (Å²) >= 11 is 0. The average Bonchev–Trinajstić information content (AvgIpc) is 3.23. The van der Waals surface area contributed by atoms with Crippen LogP contribution < -0.4 is 15.4 Å². The zero-order valence-electron chi connectivity index (χ0n) is 14.6. The van der Waals surface area contributed by atoms with E-state index < -0.39 is 0 Å². The number of benzene rings is 1. The van der Waals surface area contributed by atoms with Crippen LogP contribution in [0.5, 0.6) is 5.75 Å². The van der Waals surface area contributed by atoms with Crippen molar-refractivity contribution in [3.63, 3.8) is 0 Å². The highest BCUT2D eigenvalue weighted by Crippen LogP contribution is 2.20. The van der Waals surface area contributed by atoms with Gasteiger partial charge in [-0.2, -0.15) is 0 Å². The number of carbonyl (C=O) groups is 1. The molecule has 0 saturated carbocycles.